The molecule has 0 aliphatic carbocycles. The van der Waals surface area contributed by atoms with Crippen LogP contribution in [0.25, 0.3) is 0 Å². The Morgan fingerprint density at radius 3 is 2.44 bits per heavy atom. The summed E-state index contributed by atoms with van der Waals surface area (Å²) in [4.78, 5) is 10.2. The van der Waals surface area contributed by atoms with E-state index in [1.165, 1.54) is 0 Å². The van der Waals surface area contributed by atoms with Gasteiger partial charge in [-0.1, -0.05) is 0 Å². The summed E-state index contributed by atoms with van der Waals surface area (Å²) >= 11 is 0. The first-order chi connectivity index (χ1) is 7.83. The van der Waals surface area contributed by atoms with Crippen LogP contribution in [0.4, 0.5) is 0 Å². The van der Waals surface area contributed by atoms with Crippen molar-refractivity contribution in [3.05, 3.63) is 35.9 Å². The second-order valence-electron chi connectivity index (χ2n) is 3.19. The van der Waals surface area contributed by atoms with E-state index in [9.17, 15) is 4.79 Å². The minimum Gasteiger partial charge on any atom is -0.870 e. The molecule has 96 valence electrons. The van der Waals surface area contributed by atoms with E-state index in [1.54, 1.807) is 20.3 Å². The second kappa shape index (κ2) is 11.6. The number of methoxy groups -OCH3 is 2. The Labute approximate surface area is 129 Å². The van der Waals surface area contributed by atoms with Crippen molar-refractivity contribution < 1.29 is 54.0 Å². The van der Waals surface area contributed by atoms with Gasteiger partial charge in [-0.05, 0) is 0 Å². The van der Waals surface area contributed by atoms with E-state index < -0.39 is 6.29 Å². The van der Waals surface area contributed by atoms with Crippen molar-refractivity contribution in [2.24, 2.45) is 0 Å². The number of hydrogen-bond donors (Lipinski definition) is 0. The number of benzene rings is 1. The van der Waals surface area contributed by atoms with Crippen LogP contribution in [-0.4, -0.2) is 39.1 Å². The molecule has 0 saturated carbocycles. The van der Waals surface area contributed by atoms with Gasteiger partial charge < -0.3 is 19.7 Å². The molecule has 0 heterocycles. The maximum Gasteiger partial charge on any atom is 1.00 e. The average Bonchev–Trinajstić information content (AvgIpc) is 2.35. The first kappa shape index (κ1) is 19.9. The van der Waals surface area contributed by atoms with E-state index in [4.69, 9.17) is 14.2 Å². The zero-order valence-electron chi connectivity index (χ0n) is 10.8. The molecule has 6 heteroatoms. The van der Waals surface area contributed by atoms with E-state index in [2.05, 4.69) is 6.07 Å². The third-order valence-electron chi connectivity index (χ3n) is 2.27. The zero-order chi connectivity index (χ0) is 11.8. The monoisotopic (exact) mass is 263 g/mol. The Kier molecular flexibility index (Phi) is 12.9. The summed E-state index contributed by atoms with van der Waals surface area (Å²) in [6, 6.07) is 10.5. The largest absolute Gasteiger partial charge is 1.00 e. The maximum absolute atomic E-state index is 10.2. The third kappa shape index (κ3) is 5.95. The summed E-state index contributed by atoms with van der Waals surface area (Å²) in [5.74, 6) is -0.179. The van der Waals surface area contributed by atoms with Crippen molar-refractivity contribution in [2.45, 2.75) is 12.2 Å². The summed E-state index contributed by atoms with van der Waals surface area (Å²) < 4.78 is 15.1. The minimum atomic E-state index is -0.460. The van der Waals surface area contributed by atoms with Crippen LogP contribution < -0.4 is 29.6 Å². The Balaban J connectivity index is 0. The fourth-order valence-electron chi connectivity index (χ4n) is 1.52. The summed E-state index contributed by atoms with van der Waals surface area (Å²) in [6.07, 6.45) is -0.460. The third-order valence-corrected chi connectivity index (χ3v) is 2.27. The summed E-state index contributed by atoms with van der Waals surface area (Å²) in [5.41, 5.74) is 0.887. The summed E-state index contributed by atoms with van der Waals surface area (Å²) in [5, 5.41) is 0. The number of hydrogen-bond acceptors (Lipinski definition) is 5. The number of ether oxygens (including phenoxy) is 3. The fraction of sp³-hybridized carbons (Fsp3) is 0.417. The molecule has 1 aromatic rings. The predicted molar refractivity (Wildman–Crippen MR) is 59.8 cm³/mol. The van der Waals surface area contributed by atoms with Crippen LogP contribution in [0.3, 0.4) is 0 Å². The van der Waals surface area contributed by atoms with Crippen LogP contribution in [0.2, 0.25) is 0 Å². The van der Waals surface area contributed by atoms with Gasteiger partial charge in [0.25, 0.3) is 6.47 Å². The standard InChI is InChI=1S/C12H15O4.Na.H2O/c1-14-12(15-2)11(8-16-9-13)10-6-4-3-5-7-10;;/h3-6,9,11-12H,8H2,1-2H3;;1H2/q-1;+1;/p-1. The second-order valence-corrected chi connectivity index (χ2v) is 3.19. The van der Waals surface area contributed by atoms with Crippen LogP contribution in [-0.2, 0) is 19.0 Å². The van der Waals surface area contributed by atoms with Gasteiger partial charge in [-0.25, -0.2) is 0 Å². The Hall–Kier alpha value is -0.430. The van der Waals surface area contributed by atoms with Gasteiger partial charge in [0.15, 0.2) is 6.29 Å². The van der Waals surface area contributed by atoms with Crippen molar-refractivity contribution in [3.8, 4) is 0 Å². The molecule has 0 aromatic heterocycles. The molecule has 18 heavy (non-hydrogen) atoms. The first-order valence-electron chi connectivity index (χ1n) is 4.91. The molecule has 0 amide bonds. The van der Waals surface area contributed by atoms with Gasteiger partial charge in [0, 0.05) is 20.1 Å². The first-order valence-corrected chi connectivity index (χ1v) is 4.91. The smallest absolute Gasteiger partial charge is 0.870 e. The fourth-order valence-corrected chi connectivity index (χ4v) is 1.52. The molecule has 1 rings (SSSR count). The van der Waals surface area contributed by atoms with Gasteiger partial charge >= 0.3 is 29.6 Å². The molecule has 1 N–H and O–H groups in total. The van der Waals surface area contributed by atoms with Gasteiger partial charge in [-0.3, -0.25) is 4.79 Å². The molecule has 5 nitrogen and oxygen atoms in total. The molecule has 0 aliphatic rings. The van der Waals surface area contributed by atoms with Crippen LogP contribution in [0.15, 0.2) is 24.3 Å². The maximum atomic E-state index is 10.2. The van der Waals surface area contributed by atoms with Crippen molar-refractivity contribution in [3.63, 3.8) is 0 Å². The molecular weight excluding hydrogens is 247 g/mol. The molecule has 0 aliphatic heterocycles. The van der Waals surface area contributed by atoms with Crippen LogP contribution >= 0.6 is 0 Å². The molecule has 0 bridgehead atoms. The van der Waals surface area contributed by atoms with Crippen molar-refractivity contribution in [2.75, 3.05) is 20.8 Å². The predicted octanol–water partition coefficient (Wildman–Crippen LogP) is -1.81. The zero-order valence-corrected chi connectivity index (χ0v) is 12.8. The van der Waals surface area contributed by atoms with Gasteiger partial charge in [-0.2, -0.15) is 35.9 Å². The normalized spacial score (nSPS) is 11.1. The van der Waals surface area contributed by atoms with E-state index >= 15 is 0 Å². The van der Waals surface area contributed by atoms with E-state index in [-0.39, 0.29) is 47.6 Å². The molecule has 1 unspecified atom stereocenters. The average molecular weight is 263 g/mol. The van der Waals surface area contributed by atoms with Gasteiger partial charge in [0.1, 0.15) is 6.61 Å². The van der Waals surface area contributed by atoms with Crippen LogP contribution in [0.5, 0.6) is 0 Å². The van der Waals surface area contributed by atoms with E-state index in [1.807, 2.05) is 18.2 Å². The topological polar surface area (TPSA) is 74.8 Å². The Morgan fingerprint density at radius 2 is 2.00 bits per heavy atom. The van der Waals surface area contributed by atoms with Gasteiger partial charge in [-0.15, -0.1) is 0 Å². The minimum absolute atomic E-state index is 0. The molecule has 0 fully saturated rings. The van der Waals surface area contributed by atoms with Crippen molar-refractivity contribution in [1.82, 2.24) is 0 Å². The molecule has 0 radical (unpaired) electrons. The molecule has 0 saturated heterocycles. The SMILES string of the molecule is COC(OC)C(COC=O)c1[c-]cccc1.[Na+].[OH-]. The number of carbonyl (C=O) groups excluding carboxylic acids is 1. The van der Waals surface area contributed by atoms with Crippen molar-refractivity contribution in [1.29, 1.82) is 0 Å². The summed E-state index contributed by atoms with van der Waals surface area (Å²) in [6.45, 7) is 0.620. The van der Waals surface area contributed by atoms with Gasteiger partial charge in [0.2, 0.25) is 0 Å². The van der Waals surface area contributed by atoms with Crippen molar-refractivity contribution >= 4 is 6.47 Å². The molecule has 0 spiro atoms. The van der Waals surface area contributed by atoms with Gasteiger partial charge in [0.05, 0.1) is 0 Å². The molecular formula is C12H16NaO5-. The summed E-state index contributed by atoms with van der Waals surface area (Å²) in [7, 11) is 3.09. The Bertz CT molecular complexity index is 303. The number of rotatable bonds is 7. The molecule has 1 atom stereocenters. The van der Waals surface area contributed by atoms with Crippen LogP contribution in [0, 0.1) is 6.07 Å². The number of carbonyl (C=O) groups is 1. The van der Waals surface area contributed by atoms with E-state index in [0.717, 1.165) is 5.56 Å². The van der Waals surface area contributed by atoms with Crippen LogP contribution in [0.1, 0.15) is 11.5 Å². The quantitative estimate of drug-likeness (QED) is 0.251. The Morgan fingerprint density at radius 1 is 1.33 bits per heavy atom. The molecule has 1 aromatic carbocycles. The van der Waals surface area contributed by atoms with E-state index in [0.29, 0.717) is 6.47 Å².